The maximum atomic E-state index is 12.1. The van der Waals surface area contributed by atoms with Crippen LogP contribution in [0.3, 0.4) is 0 Å². The Bertz CT molecular complexity index is 3020. The molecule has 2 fully saturated rings. The number of para-hydroxylation sites is 2. The zero-order valence-electron chi connectivity index (χ0n) is 42.3. The number of nitriles is 2. The van der Waals surface area contributed by atoms with E-state index in [2.05, 4.69) is 93.8 Å². The van der Waals surface area contributed by atoms with Gasteiger partial charge in [-0.15, -0.1) is 0 Å². The molecule has 2 amide bonds. The number of nitrogens with zero attached hydrogens (tertiary/aromatic N) is 11. The number of nitrogens with one attached hydrogen (secondary N) is 2. The third kappa shape index (κ3) is 14.0. The zero-order valence-corrected chi connectivity index (χ0v) is 43.9. The summed E-state index contributed by atoms with van der Waals surface area (Å²) in [5.41, 5.74) is 8.51. The first kappa shape index (κ1) is 52.4. The average Bonchev–Trinajstić information content (AvgIpc) is 4.08. The molecule has 0 spiro atoms. The van der Waals surface area contributed by atoms with Crippen LogP contribution in [-0.2, 0) is 31.0 Å². The number of thioether (sulfide) groups is 2. The van der Waals surface area contributed by atoms with Crippen LogP contribution < -0.4 is 20.1 Å². The molecule has 10 rings (SSSR count). The summed E-state index contributed by atoms with van der Waals surface area (Å²) >= 11 is 3.05. The van der Waals surface area contributed by atoms with E-state index in [0.29, 0.717) is 35.7 Å². The van der Waals surface area contributed by atoms with Gasteiger partial charge in [0.05, 0.1) is 39.4 Å². The highest BCUT2D eigenvalue weighted by atomic mass is 32.2. The lowest BCUT2D eigenvalue weighted by Crippen LogP contribution is -2.51. The molecule has 0 atom stereocenters. The van der Waals surface area contributed by atoms with Gasteiger partial charge in [-0.25, -0.2) is 14.8 Å². The molecule has 4 aliphatic heterocycles. The van der Waals surface area contributed by atoms with Gasteiger partial charge in [0.1, 0.15) is 36.5 Å². The maximum Gasteiger partial charge on any atom is 0.319 e. The number of hydrogen-bond donors (Lipinski definition) is 2. The fourth-order valence-electron chi connectivity index (χ4n) is 8.67. The van der Waals surface area contributed by atoms with Crippen molar-refractivity contribution in [2.75, 3.05) is 97.3 Å². The predicted molar refractivity (Wildman–Crippen MR) is 292 cm³/mol. The minimum atomic E-state index is 0.0728. The van der Waals surface area contributed by atoms with Gasteiger partial charge in [0.2, 0.25) is 0 Å². The summed E-state index contributed by atoms with van der Waals surface area (Å²) in [7, 11) is 5.33. The van der Waals surface area contributed by atoms with E-state index in [4.69, 9.17) is 14.2 Å². The Morgan fingerprint density at radius 2 is 1.03 bits per heavy atom. The van der Waals surface area contributed by atoms with Gasteiger partial charge in [0.15, 0.2) is 0 Å². The number of allylic oxidation sites excluding steroid dienone is 2. The number of ether oxygens (including phenoxy) is 3. The highest BCUT2D eigenvalue weighted by molar-refractivity contribution is 8.04. The van der Waals surface area contributed by atoms with E-state index >= 15 is 0 Å². The van der Waals surface area contributed by atoms with Gasteiger partial charge in [0.25, 0.3) is 0 Å². The summed E-state index contributed by atoms with van der Waals surface area (Å²) in [5.74, 6) is 0. The molecular weight excluding hydrogens is 983 g/mol. The lowest BCUT2D eigenvalue weighted by atomic mass is 10.1. The van der Waals surface area contributed by atoms with Crippen molar-refractivity contribution in [1.82, 2.24) is 44.4 Å². The van der Waals surface area contributed by atoms with Gasteiger partial charge in [-0.05, 0) is 58.7 Å². The van der Waals surface area contributed by atoms with Crippen molar-refractivity contribution in [2.24, 2.45) is 0 Å². The number of carbonyl (C=O) groups excluding carboxylic acids is 1. The molecule has 0 saturated carbocycles. The number of rotatable bonds is 15. The largest absolute Gasteiger partial charge is 0.459 e. The first-order valence-corrected chi connectivity index (χ1v) is 26.4. The minimum Gasteiger partial charge on any atom is -0.459 e. The van der Waals surface area contributed by atoms with Crippen molar-refractivity contribution in [2.45, 2.75) is 36.1 Å². The first-order chi connectivity index (χ1) is 36.7. The van der Waals surface area contributed by atoms with Crippen LogP contribution in [0.1, 0.15) is 33.6 Å². The Kier molecular flexibility index (Phi) is 17.9. The molecule has 4 aliphatic rings. The molecule has 2 aromatic heterocycles. The van der Waals surface area contributed by atoms with Crippen LogP contribution >= 0.6 is 23.5 Å². The standard InChI is InChI=1S/C28H29N7O2S.C28H30N6O2S/c1-33(2)28(36)35-15-13-34(14-16-35)18-20-7-9-21(10-8-20)19-37-27-30-12-11-23(32-27)22(17-29)26-31-24-5-3-4-6-25(24)38-26;1-35-17-16-33-12-14-34(15-13-33)19-21-6-8-22(9-7-21)20-36-28-30-11-10-24(32-28)23(18-29)27-31-25-4-2-3-5-26(25)37-27/h3-12,31H,13-16,18-19H2,1-2H3;2-11,31H,12-17,19-20H2,1H3. The summed E-state index contributed by atoms with van der Waals surface area (Å²) < 4.78 is 16.9. The number of aromatic nitrogens is 4. The van der Waals surface area contributed by atoms with Crippen LogP contribution in [0.15, 0.2) is 141 Å². The predicted octanol–water partition coefficient (Wildman–Crippen LogP) is 8.49. The summed E-state index contributed by atoms with van der Waals surface area (Å²) in [6, 6.07) is 41.3. The lowest BCUT2D eigenvalue weighted by Gasteiger charge is -2.36. The summed E-state index contributed by atoms with van der Waals surface area (Å²) in [6.45, 7) is 11.8. The SMILES string of the molecule is CN(C)C(=O)N1CCN(Cc2ccc(COc3nccc(C(C#N)=C4Nc5ccccc5S4)n3)cc2)CC1.COCCN1CCN(Cc2ccc(COc3nccc(C(C#N)=C4Nc5ccccc5S4)n3)cc2)CC1. The molecule has 6 aromatic rings. The van der Waals surface area contributed by atoms with E-state index in [0.717, 1.165) is 121 Å². The van der Waals surface area contributed by atoms with E-state index in [1.54, 1.807) is 50.6 Å². The smallest absolute Gasteiger partial charge is 0.319 e. The Balaban J connectivity index is 0.000000184. The number of methoxy groups -OCH3 is 1. The second-order valence-corrected chi connectivity index (χ2v) is 20.4. The third-order valence-electron chi connectivity index (χ3n) is 12.8. The van der Waals surface area contributed by atoms with Crippen LogP contribution in [-0.4, -0.2) is 137 Å². The van der Waals surface area contributed by atoms with E-state index in [1.165, 1.54) is 34.7 Å². The van der Waals surface area contributed by atoms with Crippen LogP contribution in [0.5, 0.6) is 12.0 Å². The number of amides is 2. The Morgan fingerprint density at radius 3 is 1.45 bits per heavy atom. The normalized spacial score (nSPS) is 16.7. The van der Waals surface area contributed by atoms with Crippen molar-refractivity contribution >= 4 is 52.1 Å². The van der Waals surface area contributed by atoms with Crippen molar-refractivity contribution in [3.05, 3.63) is 165 Å². The summed E-state index contributed by atoms with van der Waals surface area (Å²) in [5, 5.41) is 27.8. The number of anilines is 2. The van der Waals surface area contributed by atoms with Gasteiger partial charge in [-0.1, -0.05) is 96.3 Å². The molecule has 6 heterocycles. The molecule has 0 aliphatic carbocycles. The van der Waals surface area contributed by atoms with E-state index in [9.17, 15) is 15.3 Å². The molecule has 2 N–H and O–H groups in total. The molecule has 19 heteroatoms. The molecule has 17 nitrogen and oxygen atoms in total. The number of piperazine rings is 2. The van der Waals surface area contributed by atoms with Gasteiger partial charge in [-0.2, -0.15) is 20.5 Å². The second-order valence-electron chi connectivity index (χ2n) is 18.3. The average molecular weight is 1040 g/mol. The monoisotopic (exact) mass is 1040 g/mol. The number of carbonyl (C=O) groups is 1. The molecule has 0 radical (unpaired) electrons. The zero-order chi connectivity index (χ0) is 51.9. The molecule has 0 unspecified atom stereocenters. The molecular formula is C56H59N13O4S2. The van der Waals surface area contributed by atoms with Gasteiger partial charge >= 0.3 is 18.1 Å². The second kappa shape index (κ2) is 25.6. The Morgan fingerprint density at radius 1 is 0.600 bits per heavy atom. The van der Waals surface area contributed by atoms with E-state index in [1.807, 2.05) is 65.6 Å². The van der Waals surface area contributed by atoms with Crippen molar-refractivity contribution < 1.29 is 19.0 Å². The summed E-state index contributed by atoms with van der Waals surface area (Å²) in [4.78, 5) is 42.6. The van der Waals surface area contributed by atoms with E-state index < -0.39 is 0 Å². The van der Waals surface area contributed by atoms with Crippen LogP contribution in [0, 0.1) is 22.7 Å². The Hall–Kier alpha value is -7.49. The fraction of sp³-hybridized carbons (Fsp3) is 0.304. The number of urea groups is 1. The maximum absolute atomic E-state index is 12.1. The minimum absolute atomic E-state index is 0.0728. The topological polar surface area (TPSA) is 184 Å². The fourth-order valence-corrected chi connectivity index (χ4v) is 10.7. The van der Waals surface area contributed by atoms with Gasteiger partial charge < -0.3 is 34.6 Å². The number of hydrogen-bond acceptors (Lipinski definition) is 17. The third-order valence-corrected chi connectivity index (χ3v) is 15.0. The molecule has 75 heavy (non-hydrogen) atoms. The Labute approximate surface area is 446 Å². The van der Waals surface area contributed by atoms with Crippen LogP contribution in [0.25, 0.3) is 11.1 Å². The first-order valence-electron chi connectivity index (χ1n) is 24.8. The van der Waals surface area contributed by atoms with Crippen LogP contribution in [0.2, 0.25) is 0 Å². The van der Waals surface area contributed by atoms with Crippen molar-refractivity contribution in [1.29, 1.82) is 10.5 Å². The molecule has 2 saturated heterocycles. The summed E-state index contributed by atoms with van der Waals surface area (Å²) in [6.07, 6.45) is 3.23. The van der Waals surface area contributed by atoms with Gasteiger partial charge in [0, 0.05) is 115 Å². The van der Waals surface area contributed by atoms with Gasteiger partial charge in [-0.3, -0.25) is 14.7 Å². The molecule has 384 valence electrons. The molecule has 4 aromatic carbocycles. The van der Waals surface area contributed by atoms with Crippen molar-refractivity contribution in [3.63, 3.8) is 0 Å². The van der Waals surface area contributed by atoms with Crippen LogP contribution in [0.4, 0.5) is 16.2 Å². The molecule has 0 bridgehead atoms. The quantitative estimate of drug-likeness (QED) is 0.0933. The highest BCUT2D eigenvalue weighted by Crippen LogP contribution is 2.44. The number of benzene rings is 4. The van der Waals surface area contributed by atoms with E-state index in [-0.39, 0.29) is 18.1 Å². The number of fused-ring (bicyclic) bond motifs is 2. The lowest BCUT2D eigenvalue weighted by molar-refractivity contribution is 0.0938. The van der Waals surface area contributed by atoms with Crippen molar-refractivity contribution in [3.8, 4) is 24.2 Å². The highest BCUT2D eigenvalue weighted by Gasteiger charge is 2.25.